The first-order valence-electron chi connectivity index (χ1n) is 12.9. The molecule has 1 saturated heterocycles. The van der Waals surface area contributed by atoms with Gasteiger partial charge in [0.05, 0.1) is 11.6 Å². The molecule has 4 aromatic rings. The van der Waals surface area contributed by atoms with Gasteiger partial charge in [-0.1, -0.05) is 42.5 Å². The number of piperazine rings is 1. The van der Waals surface area contributed by atoms with Crippen LogP contribution in [0.1, 0.15) is 46.3 Å². The van der Waals surface area contributed by atoms with Gasteiger partial charge in [0.2, 0.25) is 0 Å². The smallest absolute Gasteiger partial charge is 0.253 e. The summed E-state index contributed by atoms with van der Waals surface area (Å²) in [5.74, 6) is 0.0946. The van der Waals surface area contributed by atoms with E-state index < -0.39 is 0 Å². The van der Waals surface area contributed by atoms with Crippen molar-refractivity contribution in [2.24, 2.45) is 0 Å². The Bertz CT molecular complexity index is 1280. The number of amides is 1. The second-order valence-corrected chi connectivity index (χ2v) is 10.3. The van der Waals surface area contributed by atoms with Gasteiger partial charge in [-0.05, 0) is 49.1 Å². The van der Waals surface area contributed by atoms with E-state index in [2.05, 4.69) is 63.7 Å². The maximum atomic E-state index is 12.9. The van der Waals surface area contributed by atoms with Crippen molar-refractivity contribution in [1.82, 2.24) is 19.7 Å². The molecule has 8 heteroatoms. The normalized spacial score (nSPS) is 14.9. The number of para-hydroxylation sites is 1. The van der Waals surface area contributed by atoms with Crippen LogP contribution in [-0.2, 0) is 6.54 Å². The van der Waals surface area contributed by atoms with Crippen LogP contribution in [0.5, 0.6) is 0 Å². The molecule has 0 spiro atoms. The monoisotopic (exact) mass is 570 g/mol. The van der Waals surface area contributed by atoms with E-state index in [9.17, 15) is 4.79 Å². The molecular weight excluding hydrogens is 535 g/mol. The van der Waals surface area contributed by atoms with Crippen molar-refractivity contribution in [3.05, 3.63) is 99.9 Å². The zero-order valence-corrected chi connectivity index (χ0v) is 24.4. The minimum atomic E-state index is 0. The highest BCUT2D eigenvalue weighted by atomic mass is 35.5. The van der Waals surface area contributed by atoms with Crippen LogP contribution in [0.2, 0.25) is 0 Å². The minimum absolute atomic E-state index is 0. The average molecular weight is 572 g/mol. The summed E-state index contributed by atoms with van der Waals surface area (Å²) in [6.07, 6.45) is 1.88. The van der Waals surface area contributed by atoms with Crippen LogP contribution in [0.15, 0.2) is 78.3 Å². The maximum Gasteiger partial charge on any atom is 0.253 e. The van der Waals surface area contributed by atoms with Crippen LogP contribution >= 0.6 is 36.2 Å². The van der Waals surface area contributed by atoms with Gasteiger partial charge in [-0.3, -0.25) is 19.6 Å². The molecule has 0 saturated carbocycles. The Balaban J connectivity index is 0.00000200. The van der Waals surface area contributed by atoms with Crippen molar-refractivity contribution in [3.63, 3.8) is 0 Å². The predicted molar refractivity (Wildman–Crippen MR) is 163 cm³/mol. The summed E-state index contributed by atoms with van der Waals surface area (Å²) in [6, 6.07) is 23.3. The highest BCUT2D eigenvalue weighted by Crippen LogP contribution is 2.34. The molecule has 1 aliphatic heterocycles. The van der Waals surface area contributed by atoms with Gasteiger partial charge in [0.15, 0.2) is 0 Å². The molecule has 0 N–H and O–H groups in total. The Morgan fingerprint density at radius 2 is 1.63 bits per heavy atom. The van der Waals surface area contributed by atoms with Gasteiger partial charge in [-0.2, -0.15) is 0 Å². The second-order valence-electron chi connectivity index (χ2n) is 9.32. The molecule has 2 aromatic carbocycles. The quantitative estimate of drug-likeness (QED) is 0.241. The molecule has 202 valence electrons. The summed E-state index contributed by atoms with van der Waals surface area (Å²) >= 11 is 1.83. The van der Waals surface area contributed by atoms with E-state index in [4.69, 9.17) is 4.98 Å². The SMILES string of the molecule is CCN(CC)C(=O)c1ccc(C(c2cccc3cccnc23)N2CCN(Cc3cccs3)CC2)cc1.Cl.Cl. The number of aromatic nitrogens is 1. The lowest BCUT2D eigenvalue weighted by molar-refractivity contribution is 0.0773. The fourth-order valence-electron chi connectivity index (χ4n) is 5.24. The third-order valence-corrected chi connectivity index (χ3v) is 8.08. The molecule has 1 aliphatic rings. The third-order valence-electron chi connectivity index (χ3n) is 7.21. The Hall–Kier alpha value is -2.48. The first-order chi connectivity index (χ1) is 17.7. The molecule has 5 nitrogen and oxygen atoms in total. The molecule has 1 unspecified atom stereocenters. The number of fused-ring (bicyclic) bond motifs is 1. The number of carbonyl (C=O) groups is 1. The molecule has 3 heterocycles. The minimum Gasteiger partial charge on any atom is -0.339 e. The van der Waals surface area contributed by atoms with Crippen LogP contribution in [0.25, 0.3) is 10.9 Å². The Kier molecular flexibility index (Phi) is 11.1. The van der Waals surface area contributed by atoms with Crippen molar-refractivity contribution in [2.75, 3.05) is 39.3 Å². The lowest BCUT2D eigenvalue weighted by atomic mass is 9.93. The molecule has 2 aromatic heterocycles. The number of thiophene rings is 1. The first-order valence-corrected chi connectivity index (χ1v) is 13.8. The average Bonchev–Trinajstić information content (AvgIpc) is 3.44. The van der Waals surface area contributed by atoms with E-state index in [1.165, 1.54) is 16.0 Å². The highest BCUT2D eigenvalue weighted by molar-refractivity contribution is 7.09. The zero-order valence-electron chi connectivity index (χ0n) is 22.0. The van der Waals surface area contributed by atoms with Gasteiger partial charge < -0.3 is 4.90 Å². The predicted octanol–water partition coefficient (Wildman–Crippen LogP) is 6.53. The topological polar surface area (TPSA) is 39.7 Å². The molecular formula is C30H36Cl2N4OS. The van der Waals surface area contributed by atoms with E-state index in [0.29, 0.717) is 0 Å². The molecule has 1 amide bonds. The van der Waals surface area contributed by atoms with Crippen LogP contribution in [0, 0.1) is 0 Å². The number of halogens is 2. The zero-order chi connectivity index (χ0) is 24.9. The number of carbonyl (C=O) groups excluding carboxylic acids is 1. The lowest BCUT2D eigenvalue weighted by Gasteiger charge is -2.40. The van der Waals surface area contributed by atoms with Gasteiger partial charge >= 0.3 is 0 Å². The van der Waals surface area contributed by atoms with Gasteiger partial charge in [-0.25, -0.2) is 0 Å². The van der Waals surface area contributed by atoms with Crippen LogP contribution in [0.4, 0.5) is 0 Å². The molecule has 1 atom stereocenters. The highest BCUT2D eigenvalue weighted by Gasteiger charge is 2.28. The number of hydrogen-bond donors (Lipinski definition) is 0. The summed E-state index contributed by atoms with van der Waals surface area (Å²) < 4.78 is 0. The van der Waals surface area contributed by atoms with Crippen molar-refractivity contribution >= 4 is 53.0 Å². The number of nitrogens with zero attached hydrogens (tertiary/aromatic N) is 4. The van der Waals surface area contributed by atoms with Crippen molar-refractivity contribution < 1.29 is 4.79 Å². The van der Waals surface area contributed by atoms with E-state index in [1.807, 2.05) is 54.5 Å². The number of hydrogen-bond acceptors (Lipinski definition) is 5. The van der Waals surface area contributed by atoms with Gasteiger partial charge in [-0.15, -0.1) is 36.2 Å². The standard InChI is InChI=1S/C30H34N4OS.2ClH/c1-3-33(4-2)30(35)25-14-12-24(13-15-25)29(27-11-5-8-23-9-6-16-31-28(23)27)34-19-17-32(18-20-34)22-26-10-7-21-36-26;;/h5-16,21,29H,3-4,17-20,22H2,1-2H3;2*1H. The van der Waals surface area contributed by atoms with Crippen LogP contribution in [-0.4, -0.2) is 64.9 Å². The fourth-order valence-corrected chi connectivity index (χ4v) is 5.99. The van der Waals surface area contributed by atoms with Crippen LogP contribution < -0.4 is 0 Å². The number of pyridine rings is 1. The van der Waals surface area contributed by atoms with Gasteiger partial charge in [0.25, 0.3) is 5.91 Å². The van der Waals surface area contributed by atoms with E-state index in [1.54, 1.807) is 0 Å². The molecule has 38 heavy (non-hydrogen) atoms. The number of rotatable bonds is 8. The van der Waals surface area contributed by atoms with E-state index in [0.717, 1.165) is 62.3 Å². The van der Waals surface area contributed by atoms with Gasteiger partial charge in [0.1, 0.15) is 0 Å². The van der Waals surface area contributed by atoms with Gasteiger partial charge in [0, 0.05) is 73.4 Å². The molecule has 5 rings (SSSR count). The van der Waals surface area contributed by atoms with Crippen molar-refractivity contribution in [1.29, 1.82) is 0 Å². The lowest BCUT2D eigenvalue weighted by Crippen LogP contribution is -2.47. The molecule has 0 bridgehead atoms. The summed E-state index contributed by atoms with van der Waals surface area (Å²) in [4.78, 5) is 26.1. The summed E-state index contributed by atoms with van der Waals surface area (Å²) in [7, 11) is 0. The summed E-state index contributed by atoms with van der Waals surface area (Å²) in [5, 5.41) is 3.31. The Labute approximate surface area is 242 Å². The Morgan fingerprint density at radius 3 is 2.29 bits per heavy atom. The summed E-state index contributed by atoms with van der Waals surface area (Å²) in [5.41, 5.74) is 4.23. The van der Waals surface area contributed by atoms with Crippen molar-refractivity contribution in [3.8, 4) is 0 Å². The molecule has 0 aliphatic carbocycles. The number of benzene rings is 2. The third kappa shape index (κ3) is 6.56. The molecule has 1 fully saturated rings. The first kappa shape index (κ1) is 30.1. The molecule has 0 radical (unpaired) electrons. The fraction of sp³-hybridized carbons (Fsp3) is 0.333. The van der Waals surface area contributed by atoms with Crippen molar-refractivity contribution in [2.45, 2.75) is 26.4 Å². The Morgan fingerprint density at radius 1 is 0.921 bits per heavy atom. The second kappa shape index (κ2) is 14.1. The summed E-state index contributed by atoms with van der Waals surface area (Å²) in [6.45, 7) is 10.5. The largest absolute Gasteiger partial charge is 0.339 e. The maximum absolute atomic E-state index is 12.9. The van der Waals surface area contributed by atoms with Crippen LogP contribution in [0.3, 0.4) is 0 Å². The van der Waals surface area contributed by atoms with E-state index >= 15 is 0 Å². The van der Waals surface area contributed by atoms with E-state index in [-0.39, 0.29) is 36.8 Å².